The number of hydrogen-bond donors (Lipinski definition) is 1. The number of para-hydroxylation sites is 2. The number of nitrogens with zero attached hydrogens (tertiary/aromatic N) is 2. The molecule has 0 radical (unpaired) electrons. The number of amides is 1. The molecule has 0 saturated heterocycles. The van der Waals surface area contributed by atoms with Crippen LogP contribution in [0.15, 0.2) is 66.7 Å². The highest BCUT2D eigenvalue weighted by molar-refractivity contribution is 5.96. The van der Waals surface area contributed by atoms with E-state index in [-0.39, 0.29) is 11.9 Å². The van der Waals surface area contributed by atoms with Gasteiger partial charge in [0.1, 0.15) is 23.9 Å². The second-order valence-corrected chi connectivity index (χ2v) is 8.15. The summed E-state index contributed by atoms with van der Waals surface area (Å²) in [5.74, 6) is 2.26. The Kier molecular flexibility index (Phi) is 6.63. The Hall–Kier alpha value is -3.80. The van der Waals surface area contributed by atoms with Crippen LogP contribution in [0.2, 0.25) is 0 Å². The van der Waals surface area contributed by atoms with E-state index in [1.807, 2.05) is 87.5 Å². The summed E-state index contributed by atoms with van der Waals surface area (Å²) in [4.78, 5) is 17.8. The van der Waals surface area contributed by atoms with Crippen LogP contribution in [0.4, 0.5) is 0 Å². The minimum Gasteiger partial charge on any atom is -0.497 e. The largest absolute Gasteiger partial charge is 0.497 e. The van der Waals surface area contributed by atoms with Crippen molar-refractivity contribution in [3.8, 4) is 11.5 Å². The lowest BCUT2D eigenvalue weighted by molar-refractivity contribution is 0.0937. The van der Waals surface area contributed by atoms with Gasteiger partial charge in [0.05, 0.1) is 30.7 Å². The topological polar surface area (TPSA) is 65.4 Å². The molecule has 0 fully saturated rings. The van der Waals surface area contributed by atoms with Crippen LogP contribution < -0.4 is 14.8 Å². The lowest BCUT2D eigenvalue weighted by Crippen LogP contribution is -2.29. The van der Waals surface area contributed by atoms with E-state index < -0.39 is 0 Å². The van der Waals surface area contributed by atoms with E-state index in [9.17, 15) is 4.79 Å². The molecule has 0 spiro atoms. The third-order valence-corrected chi connectivity index (χ3v) is 5.69. The van der Waals surface area contributed by atoms with Gasteiger partial charge in [0.15, 0.2) is 0 Å². The summed E-state index contributed by atoms with van der Waals surface area (Å²) in [5.41, 5.74) is 4.68. The molecule has 0 aliphatic carbocycles. The van der Waals surface area contributed by atoms with Crippen LogP contribution in [0.3, 0.4) is 0 Å². The van der Waals surface area contributed by atoms with Gasteiger partial charge in [0.2, 0.25) is 0 Å². The van der Waals surface area contributed by atoms with Gasteiger partial charge in [0.25, 0.3) is 5.91 Å². The average Bonchev–Trinajstić information content (AvgIpc) is 3.18. The van der Waals surface area contributed by atoms with Crippen LogP contribution in [0.1, 0.15) is 40.3 Å². The molecule has 1 atom stereocenters. The summed E-state index contributed by atoms with van der Waals surface area (Å²) in [6.07, 6.45) is 0. The first-order chi connectivity index (χ1) is 16.0. The van der Waals surface area contributed by atoms with Gasteiger partial charge in [-0.25, -0.2) is 4.98 Å². The monoisotopic (exact) mass is 443 g/mol. The van der Waals surface area contributed by atoms with Crippen LogP contribution in [0, 0.1) is 13.8 Å². The van der Waals surface area contributed by atoms with Crippen LogP contribution in [-0.2, 0) is 6.54 Å². The van der Waals surface area contributed by atoms with Crippen LogP contribution in [0.25, 0.3) is 11.0 Å². The number of fused-ring (bicyclic) bond motifs is 1. The van der Waals surface area contributed by atoms with E-state index in [2.05, 4.69) is 9.88 Å². The van der Waals surface area contributed by atoms with E-state index in [1.54, 1.807) is 7.11 Å². The quantitative estimate of drug-likeness (QED) is 0.405. The number of hydrogen-bond acceptors (Lipinski definition) is 4. The number of rotatable bonds is 8. The molecule has 0 bridgehead atoms. The molecule has 6 nitrogen and oxygen atoms in total. The highest BCUT2D eigenvalue weighted by atomic mass is 16.5. The maximum atomic E-state index is 13.0. The molecule has 0 aliphatic rings. The molecule has 4 rings (SSSR count). The van der Waals surface area contributed by atoms with Crippen molar-refractivity contribution < 1.29 is 14.3 Å². The summed E-state index contributed by atoms with van der Waals surface area (Å²) >= 11 is 0. The van der Waals surface area contributed by atoms with Gasteiger partial charge in [-0.1, -0.05) is 29.8 Å². The van der Waals surface area contributed by atoms with Gasteiger partial charge in [0, 0.05) is 5.56 Å². The number of nitrogens with one attached hydrogen (secondary N) is 1. The summed E-state index contributed by atoms with van der Waals surface area (Å²) < 4.78 is 13.3. The number of aromatic nitrogens is 2. The Morgan fingerprint density at radius 1 is 1.03 bits per heavy atom. The smallest absolute Gasteiger partial charge is 0.252 e. The van der Waals surface area contributed by atoms with Gasteiger partial charge in [-0.05, 0) is 68.8 Å². The molecular formula is C27H29N3O3. The second kappa shape index (κ2) is 9.77. The Morgan fingerprint density at radius 3 is 2.48 bits per heavy atom. The SMILES string of the molecule is COc1ccc(OCCn2c(C(C)NC(=O)c3ccc(C)cc3C)nc3ccccc32)cc1. The number of carbonyl (C=O) groups excluding carboxylic acids is 1. The van der Waals surface area contributed by atoms with Crippen molar-refractivity contribution in [2.75, 3.05) is 13.7 Å². The molecule has 33 heavy (non-hydrogen) atoms. The number of imidazole rings is 1. The Balaban J connectivity index is 1.52. The standard InChI is InChI=1S/C27H29N3O3/c1-18-9-14-23(19(2)17-18)27(31)28-20(3)26-29-24-7-5-6-8-25(24)30(26)15-16-33-22-12-10-21(32-4)11-13-22/h5-14,17,20H,15-16H2,1-4H3,(H,28,31). The minimum atomic E-state index is -0.272. The molecule has 1 heterocycles. The summed E-state index contributed by atoms with van der Waals surface area (Å²) in [7, 11) is 1.64. The van der Waals surface area contributed by atoms with Crippen LogP contribution in [-0.4, -0.2) is 29.2 Å². The summed E-state index contributed by atoms with van der Waals surface area (Å²) in [5, 5.41) is 3.12. The van der Waals surface area contributed by atoms with E-state index in [0.717, 1.165) is 39.5 Å². The van der Waals surface area contributed by atoms with Gasteiger partial charge >= 0.3 is 0 Å². The highest BCUT2D eigenvalue weighted by Gasteiger charge is 2.20. The first kappa shape index (κ1) is 22.4. The second-order valence-electron chi connectivity index (χ2n) is 8.15. The number of ether oxygens (including phenoxy) is 2. The summed E-state index contributed by atoms with van der Waals surface area (Å²) in [6, 6.07) is 21.1. The Labute approximate surface area is 194 Å². The van der Waals surface area contributed by atoms with Crippen molar-refractivity contribution in [1.82, 2.24) is 14.9 Å². The van der Waals surface area contributed by atoms with Gasteiger partial charge in [-0.3, -0.25) is 4.79 Å². The zero-order valence-corrected chi connectivity index (χ0v) is 19.5. The zero-order chi connectivity index (χ0) is 23.4. The zero-order valence-electron chi connectivity index (χ0n) is 19.5. The van der Waals surface area contributed by atoms with Crippen molar-refractivity contribution in [3.63, 3.8) is 0 Å². The van der Waals surface area contributed by atoms with Gasteiger partial charge in [-0.15, -0.1) is 0 Å². The molecule has 3 aromatic carbocycles. The predicted octanol–water partition coefficient (Wildman–Crippen LogP) is 5.23. The maximum Gasteiger partial charge on any atom is 0.252 e. The molecule has 1 unspecified atom stereocenters. The predicted molar refractivity (Wildman–Crippen MR) is 130 cm³/mol. The fourth-order valence-electron chi connectivity index (χ4n) is 3.99. The van der Waals surface area contributed by atoms with Crippen molar-refractivity contribution in [3.05, 3.63) is 89.2 Å². The molecule has 0 saturated carbocycles. The van der Waals surface area contributed by atoms with E-state index in [1.165, 1.54) is 0 Å². The number of methoxy groups -OCH3 is 1. The molecule has 1 N–H and O–H groups in total. The average molecular weight is 444 g/mol. The van der Waals surface area contributed by atoms with E-state index in [0.29, 0.717) is 18.7 Å². The molecule has 6 heteroatoms. The number of aryl methyl sites for hydroxylation is 2. The molecule has 170 valence electrons. The molecular weight excluding hydrogens is 414 g/mol. The van der Waals surface area contributed by atoms with Gasteiger partial charge in [-0.2, -0.15) is 0 Å². The van der Waals surface area contributed by atoms with Crippen LogP contribution in [0.5, 0.6) is 11.5 Å². The number of carbonyl (C=O) groups is 1. The van der Waals surface area contributed by atoms with Crippen molar-refractivity contribution >= 4 is 16.9 Å². The molecule has 1 aromatic heterocycles. The highest BCUT2D eigenvalue weighted by Crippen LogP contribution is 2.22. The van der Waals surface area contributed by atoms with E-state index in [4.69, 9.17) is 14.5 Å². The minimum absolute atomic E-state index is 0.104. The fourth-order valence-corrected chi connectivity index (χ4v) is 3.99. The third kappa shape index (κ3) is 5.00. The van der Waals surface area contributed by atoms with Crippen molar-refractivity contribution in [1.29, 1.82) is 0 Å². The third-order valence-electron chi connectivity index (χ3n) is 5.69. The molecule has 1 amide bonds. The molecule has 0 aliphatic heterocycles. The van der Waals surface area contributed by atoms with Crippen molar-refractivity contribution in [2.45, 2.75) is 33.4 Å². The fraction of sp³-hybridized carbons (Fsp3) is 0.259. The Bertz CT molecular complexity index is 1260. The van der Waals surface area contributed by atoms with Gasteiger partial charge < -0.3 is 19.4 Å². The first-order valence-electron chi connectivity index (χ1n) is 11.1. The lowest BCUT2D eigenvalue weighted by atomic mass is 10.0. The van der Waals surface area contributed by atoms with Crippen LogP contribution >= 0.6 is 0 Å². The number of benzene rings is 3. The van der Waals surface area contributed by atoms with E-state index >= 15 is 0 Å². The molecule has 4 aromatic rings. The summed E-state index contributed by atoms with van der Waals surface area (Å²) in [6.45, 7) is 7.01. The van der Waals surface area contributed by atoms with Crippen molar-refractivity contribution in [2.24, 2.45) is 0 Å². The normalized spacial score (nSPS) is 11.9. The lowest BCUT2D eigenvalue weighted by Gasteiger charge is -2.17. The Morgan fingerprint density at radius 2 is 1.76 bits per heavy atom. The maximum absolute atomic E-state index is 13.0. The first-order valence-corrected chi connectivity index (χ1v) is 11.1.